The summed E-state index contributed by atoms with van der Waals surface area (Å²) in [6.07, 6.45) is 1.42. The van der Waals surface area contributed by atoms with Crippen molar-refractivity contribution < 1.29 is 9.53 Å². The van der Waals surface area contributed by atoms with Crippen LogP contribution in [-0.2, 0) is 0 Å². The summed E-state index contributed by atoms with van der Waals surface area (Å²) in [5, 5.41) is 2.77. The minimum absolute atomic E-state index is 0.300. The number of benzene rings is 2. The Kier molecular flexibility index (Phi) is 4.20. The summed E-state index contributed by atoms with van der Waals surface area (Å²) in [6, 6.07) is 14.3. The van der Waals surface area contributed by atoms with Crippen LogP contribution in [0, 0.1) is 6.57 Å². The van der Waals surface area contributed by atoms with Gasteiger partial charge in [0, 0.05) is 0 Å². The van der Waals surface area contributed by atoms with E-state index in [0.717, 1.165) is 5.75 Å². The molecular weight excluding hydrogens is 292 g/mol. The van der Waals surface area contributed by atoms with E-state index in [4.69, 9.17) is 11.3 Å². The standard InChI is InChI=1S/C17H14N4O2/c1-18-14-8-5-9-15-16(14)20-12-21(15)17(22)19-10-11-23-13-6-3-2-4-7-13/h2-9,12H,10-11H2,(H,19,22). The third-order valence-corrected chi connectivity index (χ3v) is 3.28. The van der Waals surface area contributed by atoms with Crippen LogP contribution in [0.4, 0.5) is 10.5 Å². The van der Waals surface area contributed by atoms with Crippen molar-refractivity contribution in [2.45, 2.75) is 0 Å². The minimum atomic E-state index is -0.300. The topological polar surface area (TPSA) is 60.5 Å². The number of hydrogen-bond donors (Lipinski definition) is 1. The summed E-state index contributed by atoms with van der Waals surface area (Å²) in [5.74, 6) is 0.761. The number of nitrogens with zero attached hydrogens (tertiary/aromatic N) is 3. The van der Waals surface area contributed by atoms with E-state index < -0.39 is 0 Å². The molecule has 0 saturated heterocycles. The molecule has 114 valence electrons. The summed E-state index contributed by atoms with van der Waals surface area (Å²) in [4.78, 5) is 19.8. The zero-order chi connectivity index (χ0) is 16.1. The Morgan fingerprint density at radius 1 is 1.22 bits per heavy atom. The molecule has 6 nitrogen and oxygen atoms in total. The predicted molar refractivity (Wildman–Crippen MR) is 86.7 cm³/mol. The molecule has 6 heteroatoms. The normalized spacial score (nSPS) is 10.2. The van der Waals surface area contributed by atoms with Crippen molar-refractivity contribution in [1.29, 1.82) is 0 Å². The molecule has 23 heavy (non-hydrogen) atoms. The van der Waals surface area contributed by atoms with Gasteiger partial charge in [0.25, 0.3) is 0 Å². The first-order chi connectivity index (χ1) is 11.3. The zero-order valence-corrected chi connectivity index (χ0v) is 12.3. The van der Waals surface area contributed by atoms with Crippen molar-refractivity contribution in [2.75, 3.05) is 13.2 Å². The molecule has 0 unspecified atom stereocenters. The monoisotopic (exact) mass is 306 g/mol. The van der Waals surface area contributed by atoms with E-state index in [2.05, 4.69) is 15.1 Å². The molecule has 0 spiro atoms. The zero-order valence-electron chi connectivity index (χ0n) is 12.3. The van der Waals surface area contributed by atoms with Gasteiger partial charge in [-0.05, 0) is 18.2 Å². The molecule has 2 aromatic carbocycles. The molecule has 0 radical (unpaired) electrons. The number of carbonyl (C=O) groups excluding carboxylic acids is 1. The molecule has 1 aromatic heterocycles. The lowest BCUT2D eigenvalue weighted by Gasteiger charge is -2.08. The van der Waals surface area contributed by atoms with Crippen LogP contribution in [0.15, 0.2) is 54.9 Å². The van der Waals surface area contributed by atoms with Crippen LogP contribution in [0.2, 0.25) is 0 Å². The Labute approximate surface area is 133 Å². The second kappa shape index (κ2) is 6.62. The number of para-hydroxylation sites is 2. The van der Waals surface area contributed by atoms with Gasteiger partial charge in [-0.1, -0.05) is 30.3 Å². The van der Waals surface area contributed by atoms with Crippen molar-refractivity contribution >= 4 is 22.8 Å². The van der Waals surface area contributed by atoms with Crippen LogP contribution in [0.1, 0.15) is 0 Å². The molecule has 0 fully saturated rings. The Morgan fingerprint density at radius 2 is 2.04 bits per heavy atom. The third-order valence-electron chi connectivity index (χ3n) is 3.28. The van der Waals surface area contributed by atoms with Gasteiger partial charge in [0.2, 0.25) is 5.69 Å². The van der Waals surface area contributed by atoms with Crippen LogP contribution < -0.4 is 10.1 Å². The van der Waals surface area contributed by atoms with Gasteiger partial charge in [0.1, 0.15) is 18.7 Å². The molecule has 0 aliphatic rings. The van der Waals surface area contributed by atoms with Crippen molar-refractivity contribution in [3.8, 4) is 5.75 Å². The quantitative estimate of drug-likeness (QED) is 0.594. The van der Waals surface area contributed by atoms with E-state index in [1.165, 1.54) is 10.9 Å². The average molecular weight is 306 g/mol. The molecule has 0 aliphatic carbocycles. The van der Waals surface area contributed by atoms with Gasteiger partial charge in [-0.3, -0.25) is 4.57 Å². The summed E-state index contributed by atoms with van der Waals surface area (Å²) < 4.78 is 6.91. The number of imidazole rings is 1. The second-order valence-corrected chi connectivity index (χ2v) is 4.76. The molecule has 0 bridgehead atoms. The molecule has 0 aliphatic heterocycles. The summed E-state index contributed by atoms with van der Waals surface area (Å²) >= 11 is 0. The van der Waals surface area contributed by atoms with Gasteiger partial charge < -0.3 is 10.1 Å². The van der Waals surface area contributed by atoms with Gasteiger partial charge in [0.05, 0.1) is 24.2 Å². The number of amides is 1. The molecule has 3 rings (SSSR count). The lowest BCUT2D eigenvalue weighted by atomic mass is 10.3. The number of rotatable bonds is 4. The number of aromatic nitrogens is 2. The highest BCUT2D eigenvalue weighted by molar-refractivity contribution is 5.95. The van der Waals surface area contributed by atoms with E-state index in [1.807, 2.05) is 30.3 Å². The number of carbonyl (C=O) groups is 1. The number of hydrogen-bond acceptors (Lipinski definition) is 3. The SMILES string of the molecule is [C-]#[N+]c1cccc2c1ncn2C(=O)NCCOc1ccccc1. The Balaban J connectivity index is 1.62. The van der Waals surface area contributed by atoms with Gasteiger partial charge in [0.15, 0.2) is 0 Å². The molecule has 0 saturated carbocycles. The van der Waals surface area contributed by atoms with Crippen molar-refractivity contribution in [3.63, 3.8) is 0 Å². The third kappa shape index (κ3) is 3.14. The number of nitrogens with one attached hydrogen (secondary N) is 1. The maximum absolute atomic E-state index is 12.2. The largest absolute Gasteiger partial charge is 0.492 e. The first-order valence-electron chi connectivity index (χ1n) is 7.09. The van der Waals surface area contributed by atoms with Crippen LogP contribution in [0.25, 0.3) is 15.9 Å². The Bertz CT molecular complexity index is 865. The second-order valence-electron chi connectivity index (χ2n) is 4.76. The number of ether oxygens (including phenoxy) is 1. The van der Waals surface area contributed by atoms with E-state index >= 15 is 0 Å². The van der Waals surface area contributed by atoms with E-state index in [-0.39, 0.29) is 6.03 Å². The van der Waals surface area contributed by atoms with Crippen molar-refractivity contribution in [2.24, 2.45) is 0 Å². The van der Waals surface area contributed by atoms with Gasteiger partial charge >= 0.3 is 6.03 Å². The van der Waals surface area contributed by atoms with Gasteiger partial charge in [-0.2, -0.15) is 0 Å². The lowest BCUT2D eigenvalue weighted by molar-refractivity contribution is 0.238. The Hall–Kier alpha value is -3.33. The first-order valence-corrected chi connectivity index (χ1v) is 7.09. The molecule has 0 atom stereocenters. The van der Waals surface area contributed by atoms with E-state index in [0.29, 0.717) is 29.9 Å². The minimum Gasteiger partial charge on any atom is -0.492 e. The number of fused-ring (bicyclic) bond motifs is 1. The molecule has 1 heterocycles. The summed E-state index contributed by atoms with van der Waals surface area (Å²) in [7, 11) is 0. The fraction of sp³-hybridized carbons (Fsp3) is 0.118. The van der Waals surface area contributed by atoms with E-state index in [1.54, 1.807) is 18.2 Å². The highest BCUT2D eigenvalue weighted by atomic mass is 16.5. The highest BCUT2D eigenvalue weighted by Gasteiger charge is 2.11. The van der Waals surface area contributed by atoms with Crippen LogP contribution in [0.5, 0.6) is 5.75 Å². The van der Waals surface area contributed by atoms with Crippen molar-refractivity contribution in [3.05, 3.63) is 66.3 Å². The fourth-order valence-corrected chi connectivity index (χ4v) is 2.20. The molecule has 1 amide bonds. The maximum Gasteiger partial charge on any atom is 0.327 e. The van der Waals surface area contributed by atoms with Crippen molar-refractivity contribution in [1.82, 2.24) is 14.9 Å². The predicted octanol–water partition coefficient (Wildman–Crippen LogP) is 3.22. The van der Waals surface area contributed by atoms with Crippen LogP contribution >= 0.6 is 0 Å². The van der Waals surface area contributed by atoms with Crippen LogP contribution in [-0.4, -0.2) is 28.7 Å². The van der Waals surface area contributed by atoms with Gasteiger partial charge in [-0.25, -0.2) is 14.6 Å². The molecule has 3 aromatic rings. The van der Waals surface area contributed by atoms with Gasteiger partial charge in [-0.15, -0.1) is 0 Å². The van der Waals surface area contributed by atoms with E-state index in [9.17, 15) is 4.79 Å². The fourth-order valence-electron chi connectivity index (χ4n) is 2.20. The smallest absolute Gasteiger partial charge is 0.327 e. The highest BCUT2D eigenvalue weighted by Crippen LogP contribution is 2.24. The maximum atomic E-state index is 12.2. The Morgan fingerprint density at radius 3 is 2.83 bits per heavy atom. The molecular formula is C17H14N4O2. The first kappa shape index (κ1) is 14.6. The summed E-state index contributed by atoms with van der Waals surface area (Å²) in [6.45, 7) is 7.86. The average Bonchev–Trinajstić information content (AvgIpc) is 3.03. The lowest BCUT2D eigenvalue weighted by Crippen LogP contribution is -2.31. The summed E-state index contributed by atoms with van der Waals surface area (Å²) in [5.41, 5.74) is 1.57. The molecule has 1 N–H and O–H groups in total. The van der Waals surface area contributed by atoms with Crippen LogP contribution in [0.3, 0.4) is 0 Å².